The minimum absolute atomic E-state index is 0.0725. The first-order valence-corrected chi connectivity index (χ1v) is 7.42. The minimum atomic E-state index is 0.0725. The molecule has 0 amide bonds. The summed E-state index contributed by atoms with van der Waals surface area (Å²) in [7, 11) is 1.91. The number of hydrogen-bond acceptors (Lipinski definition) is 3. The lowest BCUT2D eigenvalue weighted by molar-refractivity contribution is -0.120. The van der Waals surface area contributed by atoms with E-state index < -0.39 is 0 Å². The number of hydrogen-bond donors (Lipinski definition) is 1. The smallest absolute Gasteiger partial charge is 0.155 e. The van der Waals surface area contributed by atoms with E-state index in [1.807, 2.05) is 24.7 Å². The van der Waals surface area contributed by atoms with E-state index in [-0.39, 0.29) is 6.04 Å². The van der Waals surface area contributed by atoms with E-state index in [0.717, 1.165) is 23.7 Å². The molecule has 1 aromatic rings. The number of aromatic nitrogens is 2. The maximum Gasteiger partial charge on any atom is 0.155 e. The van der Waals surface area contributed by atoms with Crippen molar-refractivity contribution in [3.8, 4) is 0 Å². The Morgan fingerprint density at radius 1 is 1.47 bits per heavy atom. The quantitative estimate of drug-likeness (QED) is 0.902. The van der Waals surface area contributed by atoms with Gasteiger partial charge in [-0.2, -0.15) is 5.10 Å². The molecule has 3 atom stereocenters. The molecule has 4 nitrogen and oxygen atoms in total. The van der Waals surface area contributed by atoms with Crippen LogP contribution in [0.25, 0.3) is 0 Å². The topological polar surface area (TPSA) is 46.9 Å². The van der Waals surface area contributed by atoms with E-state index in [1.54, 1.807) is 0 Å². The van der Waals surface area contributed by atoms with Gasteiger partial charge in [-0.1, -0.05) is 12.8 Å². The first kappa shape index (κ1) is 12.9. The van der Waals surface area contributed by atoms with Gasteiger partial charge in [-0.15, -0.1) is 0 Å². The van der Waals surface area contributed by atoms with Crippen LogP contribution in [0.5, 0.6) is 0 Å². The SMILES string of the molecule is Cc1cc(CC(=O)C2CC3CCCCC3N2)n(C)n1. The van der Waals surface area contributed by atoms with E-state index in [9.17, 15) is 4.79 Å². The van der Waals surface area contributed by atoms with Crippen LogP contribution in [-0.2, 0) is 18.3 Å². The van der Waals surface area contributed by atoms with Crippen LogP contribution in [0, 0.1) is 12.8 Å². The number of Topliss-reactive ketones (excluding diaryl/α,β-unsaturated/α-hetero) is 1. The molecule has 2 fully saturated rings. The molecule has 1 saturated carbocycles. The molecule has 2 aliphatic rings. The van der Waals surface area contributed by atoms with Crippen molar-refractivity contribution in [3.05, 3.63) is 17.5 Å². The first-order chi connectivity index (χ1) is 9.13. The zero-order chi connectivity index (χ0) is 13.4. The Morgan fingerprint density at radius 3 is 2.95 bits per heavy atom. The third kappa shape index (κ3) is 2.59. The van der Waals surface area contributed by atoms with E-state index in [4.69, 9.17) is 0 Å². The third-order valence-corrected chi connectivity index (χ3v) is 4.71. The Hall–Kier alpha value is -1.16. The molecule has 1 aliphatic carbocycles. The molecule has 104 valence electrons. The number of nitrogens with one attached hydrogen (secondary N) is 1. The number of fused-ring (bicyclic) bond motifs is 1. The summed E-state index contributed by atoms with van der Waals surface area (Å²) in [5.41, 5.74) is 2.01. The summed E-state index contributed by atoms with van der Waals surface area (Å²) < 4.78 is 1.83. The van der Waals surface area contributed by atoms with Gasteiger partial charge in [0.05, 0.1) is 11.7 Å². The van der Waals surface area contributed by atoms with Gasteiger partial charge in [-0.05, 0) is 38.2 Å². The summed E-state index contributed by atoms with van der Waals surface area (Å²) in [6.45, 7) is 1.97. The maximum absolute atomic E-state index is 12.4. The monoisotopic (exact) mass is 261 g/mol. The van der Waals surface area contributed by atoms with Gasteiger partial charge in [0.1, 0.15) is 0 Å². The average Bonchev–Trinajstić information content (AvgIpc) is 2.93. The van der Waals surface area contributed by atoms with E-state index in [0.29, 0.717) is 18.2 Å². The summed E-state index contributed by atoms with van der Waals surface area (Å²) in [6.07, 6.45) is 6.75. The molecule has 0 spiro atoms. The molecule has 4 heteroatoms. The van der Waals surface area contributed by atoms with Crippen LogP contribution in [0.1, 0.15) is 43.5 Å². The Bertz CT molecular complexity index is 466. The Labute approximate surface area is 114 Å². The van der Waals surface area contributed by atoms with Crippen LogP contribution in [0.4, 0.5) is 0 Å². The van der Waals surface area contributed by atoms with Crippen molar-refractivity contribution in [1.82, 2.24) is 15.1 Å². The number of carbonyl (C=O) groups is 1. The second-order valence-corrected chi connectivity index (χ2v) is 6.15. The molecule has 2 heterocycles. The number of ketones is 1. The van der Waals surface area contributed by atoms with Gasteiger partial charge in [-0.25, -0.2) is 0 Å². The number of nitrogens with zero attached hydrogens (tertiary/aromatic N) is 2. The molecule has 3 unspecified atom stereocenters. The fourth-order valence-electron chi connectivity index (χ4n) is 3.69. The summed E-state index contributed by atoms with van der Waals surface area (Å²) in [5.74, 6) is 1.06. The average molecular weight is 261 g/mol. The predicted octanol–water partition coefficient (Wildman–Crippen LogP) is 1.76. The first-order valence-electron chi connectivity index (χ1n) is 7.42. The lowest BCUT2D eigenvalue weighted by Crippen LogP contribution is -2.38. The molecule has 0 radical (unpaired) electrons. The third-order valence-electron chi connectivity index (χ3n) is 4.71. The Balaban J connectivity index is 1.63. The highest BCUT2D eigenvalue weighted by Gasteiger charge is 2.37. The standard InChI is InChI=1S/C15H23N3O/c1-10-7-12(18(2)17-10)9-15(19)14-8-11-5-3-4-6-13(11)16-14/h7,11,13-14,16H,3-6,8-9H2,1-2H3. The highest BCUT2D eigenvalue weighted by atomic mass is 16.1. The Morgan fingerprint density at radius 2 is 2.26 bits per heavy atom. The molecule has 1 aromatic heterocycles. The fourth-order valence-corrected chi connectivity index (χ4v) is 3.69. The minimum Gasteiger partial charge on any atom is -0.304 e. The van der Waals surface area contributed by atoms with Crippen molar-refractivity contribution < 1.29 is 4.79 Å². The molecule has 0 aromatic carbocycles. The van der Waals surface area contributed by atoms with Crippen molar-refractivity contribution in [2.24, 2.45) is 13.0 Å². The van der Waals surface area contributed by atoms with Gasteiger partial charge < -0.3 is 5.32 Å². The van der Waals surface area contributed by atoms with Crippen LogP contribution >= 0.6 is 0 Å². The van der Waals surface area contributed by atoms with Gasteiger partial charge in [0.2, 0.25) is 0 Å². The van der Waals surface area contributed by atoms with Crippen molar-refractivity contribution in [2.45, 2.75) is 57.5 Å². The van der Waals surface area contributed by atoms with Crippen LogP contribution in [0.15, 0.2) is 6.07 Å². The lowest BCUT2D eigenvalue weighted by Gasteiger charge is -2.24. The molecular weight excluding hydrogens is 238 g/mol. The highest BCUT2D eigenvalue weighted by Crippen LogP contribution is 2.33. The lowest BCUT2D eigenvalue weighted by atomic mass is 9.84. The van der Waals surface area contributed by atoms with Gasteiger partial charge in [0.25, 0.3) is 0 Å². The number of aryl methyl sites for hydroxylation is 2. The van der Waals surface area contributed by atoms with Crippen LogP contribution in [0.3, 0.4) is 0 Å². The van der Waals surface area contributed by atoms with Gasteiger partial charge in [0, 0.05) is 25.2 Å². The summed E-state index contributed by atoms with van der Waals surface area (Å²) >= 11 is 0. The normalized spacial score (nSPS) is 30.3. The summed E-state index contributed by atoms with van der Waals surface area (Å²) in [6, 6.07) is 2.68. The van der Waals surface area contributed by atoms with Gasteiger partial charge in [-0.3, -0.25) is 9.48 Å². The molecule has 1 saturated heterocycles. The van der Waals surface area contributed by atoms with Crippen molar-refractivity contribution in [2.75, 3.05) is 0 Å². The Kier molecular flexibility index (Phi) is 3.44. The molecule has 1 N–H and O–H groups in total. The second kappa shape index (κ2) is 5.08. The summed E-state index contributed by atoms with van der Waals surface area (Å²) in [4.78, 5) is 12.4. The zero-order valence-electron chi connectivity index (χ0n) is 11.9. The van der Waals surface area contributed by atoms with E-state index in [1.165, 1.54) is 25.7 Å². The second-order valence-electron chi connectivity index (χ2n) is 6.15. The number of rotatable bonds is 3. The van der Waals surface area contributed by atoms with Gasteiger partial charge in [0.15, 0.2) is 5.78 Å². The van der Waals surface area contributed by atoms with Crippen LogP contribution in [-0.4, -0.2) is 27.6 Å². The fraction of sp³-hybridized carbons (Fsp3) is 0.733. The van der Waals surface area contributed by atoms with Crippen molar-refractivity contribution in [3.63, 3.8) is 0 Å². The molecule has 19 heavy (non-hydrogen) atoms. The van der Waals surface area contributed by atoms with Crippen molar-refractivity contribution >= 4 is 5.78 Å². The van der Waals surface area contributed by atoms with E-state index in [2.05, 4.69) is 10.4 Å². The highest BCUT2D eigenvalue weighted by molar-refractivity contribution is 5.86. The maximum atomic E-state index is 12.4. The molecule has 0 bridgehead atoms. The molecular formula is C15H23N3O. The van der Waals surface area contributed by atoms with E-state index >= 15 is 0 Å². The van der Waals surface area contributed by atoms with Crippen molar-refractivity contribution in [1.29, 1.82) is 0 Å². The summed E-state index contributed by atoms with van der Waals surface area (Å²) in [5, 5.41) is 7.87. The molecule has 1 aliphatic heterocycles. The van der Waals surface area contributed by atoms with Crippen LogP contribution < -0.4 is 5.32 Å². The predicted molar refractivity (Wildman–Crippen MR) is 73.9 cm³/mol. The number of carbonyl (C=O) groups excluding carboxylic acids is 1. The van der Waals surface area contributed by atoms with Gasteiger partial charge >= 0.3 is 0 Å². The largest absolute Gasteiger partial charge is 0.304 e. The zero-order valence-corrected chi connectivity index (χ0v) is 11.9. The molecule has 3 rings (SSSR count). The van der Waals surface area contributed by atoms with Crippen LogP contribution in [0.2, 0.25) is 0 Å².